The van der Waals surface area contributed by atoms with Crippen LogP contribution < -0.4 is 5.32 Å². The summed E-state index contributed by atoms with van der Waals surface area (Å²) >= 11 is 0. The molecule has 0 bridgehead atoms. The summed E-state index contributed by atoms with van der Waals surface area (Å²) in [5.41, 5.74) is 1.14. The Morgan fingerprint density at radius 2 is 1.71 bits per heavy atom. The zero-order valence-corrected chi connectivity index (χ0v) is 15.5. The van der Waals surface area contributed by atoms with Gasteiger partial charge >= 0.3 is 0 Å². The lowest BCUT2D eigenvalue weighted by Gasteiger charge is -2.34. The molecule has 1 aromatic rings. The Morgan fingerprint density at radius 3 is 2.21 bits per heavy atom. The van der Waals surface area contributed by atoms with Crippen molar-refractivity contribution in [2.24, 2.45) is 0 Å². The van der Waals surface area contributed by atoms with Crippen LogP contribution in [0.3, 0.4) is 0 Å². The second kappa shape index (κ2) is 8.09. The summed E-state index contributed by atoms with van der Waals surface area (Å²) in [5.74, 6) is 0.343. The van der Waals surface area contributed by atoms with E-state index in [1.165, 1.54) is 6.92 Å². The molecule has 0 aliphatic carbocycles. The van der Waals surface area contributed by atoms with E-state index >= 15 is 0 Å². The summed E-state index contributed by atoms with van der Waals surface area (Å²) < 4.78 is 27.0. The SMILES string of the molecule is CC(=O)NCCN1CCN(S(=O)(=O)c2ccc(C(C)C)cc2)CC1. The highest BCUT2D eigenvalue weighted by Crippen LogP contribution is 2.21. The van der Waals surface area contributed by atoms with Crippen molar-refractivity contribution in [1.82, 2.24) is 14.5 Å². The zero-order chi connectivity index (χ0) is 17.7. The first-order chi connectivity index (χ1) is 11.3. The molecule has 1 saturated heterocycles. The largest absolute Gasteiger partial charge is 0.355 e. The number of piperazine rings is 1. The minimum atomic E-state index is -3.42. The number of rotatable bonds is 6. The lowest BCUT2D eigenvalue weighted by atomic mass is 10.0. The lowest BCUT2D eigenvalue weighted by molar-refractivity contribution is -0.119. The molecule has 1 aliphatic heterocycles. The summed E-state index contributed by atoms with van der Waals surface area (Å²) in [6.07, 6.45) is 0. The summed E-state index contributed by atoms with van der Waals surface area (Å²) in [7, 11) is -3.42. The van der Waals surface area contributed by atoms with Gasteiger partial charge in [-0.1, -0.05) is 26.0 Å². The molecule has 0 saturated carbocycles. The topological polar surface area (TPSA) is 69.7 Å². The molecule has 1 aromatic carbocycles. The molecule has 134 valence electrons. The van der Waals surface area contributed by atoms with Crippen LogP contribution in [0.5, 0.6) is 0 Å². The minimum Gasteiger partial charge on any atom is -0.355 e. The fraction of sp³-hybridized carbons (Fsp3) is 0.588. The van der Waals surface area contributed by atoms with Crippen LogP contribution in [0.15, 0.2) is 29.2 Å². The van der Waals surface area contributed by atoms with Crippen LogP contribution in [-0.4, -0.2) is 62.8 Å². The van der Waals surface area contributed by atoms with E-state index in [0.717, 1.165) is 12.1 Å². The molecule has 0 atom stereocenters. The number of nitrogens with one attached hydrogen (secondary N) is 1. The van der Waals surface area contributed by atoms with E-state index < -0.39 is 10.0 Å². The summed E-state index contributed by atoms with van der Waals surface area (Å²) in [4.78, 5) is 13.4. The van der Waals surface area contributed by atoms with Crippen LogP contribution in [0.2, 0.25) is 0 Å². The highest BCUT2D eigenvalue weighted by Gasteiger charge is 2.28. The van der Waals surface area contributed by atoms with Crippen molar-refractivity contribution in [3.8, 4) is 0 Å². The smallest absolute Gasteiger partial charge is 0.243 e. The molecule has 1 N–H and O–H groups in total. The van der Waals surface area contributed by atoms with Crippen molar-refractivity contribution in [2.75, 3.05) is 39.3 Å². The molecule has 0 radical (unpaired) electrons. The van der Waals surface area contributed by atoms with E-state index in [1.807, 2.05) is 12.1 Å². The van der Waals surface area contributed by atoms with Gasteiger partial charge in [-0.25, -0.2) is 8.42 Å². The molecule has 2 rings (SSSR count). The van der Waals surface area contributed by atoms with Gasteiger partial charge in [-0.2, -0.15) is 4.31 Å². The van der Waals surface area contributed by atoms with Crippen molar-refractivity contribution >= 4 is 15.9 Å². The number of amides is 1. The normalized spacial score (nSPS) is 17.2. The number of sulfonamides is 1. The van der Waals surface area contributed by atoms with Gasteiger partial charge in [0, 0.05) is 46.2 Å². The van der Waals surface area contributed by atoms with Crippen LogP contribution >= 0.6 is 0 Å². The standard InChI is InChI=1S/C17H27N3O3S/c1-14(2)16-4-6-17(7-5-16)24(22,23)20-12-10-19(11-13-20)9-8-18-15(3)21/h4-7,14H,8-13H2,1-3H3,(H,18,21). The third-order valence-electron chi connectivity index (χ3n) is 4.32. The molecule has 7 heteroatoms. The maximum absolute atomic E-state index is 12.7. The quantitative estimate of drug-likeness (QED) is 0.836. The van der Waals surface area contributed by atoms with Crippen molar-refractivity contribution < 1.29 is 13.2 Å². The average molecular weight is 353 g/mol. The Morgan fingerprint density at radius 1 is 1.12 bits per heavy atom. The van der Waals surface area contributed by atoms with E-state index in [0.29, 0.717) is 43.5 Å². The van der Waals surface area contributed by atoms with Gasteiger partial charge in [-0.3, -0.25) is 9.69 Å². The van der Waals surface area contributed by atoms with Gasteiger partial charge in [0.15, 0.2) is 0 Å². The van der Waals surface area contributed by atoms with E-state index in [9.17, 15) is 13.2 Å². The highest BCUT2D eigenvalue weighted by atomic mass is 32.2. The highest BCUT2D eigenvalue weighted by molar-refractivity contribution is 7.89. The Labute approximate surface area is 144 Å². The van der Waals surface area contributed by atoms with Gasteiger partial charge in [0.2, 0.25) is 15.9 Å². The first-order valence-electron chi connectivity index (χ1n) is 8.37. The van der Waals surface area contributed by atoms with Crippen molar-refractivity contribution in [1.29, 1.82) is 0 Å². The van der Waals surface area contributed by atoms with Gasteiger partial charge in [0.25, 0.3) is 0 Å². The fourth-order valence-electron chi connectivity index (χ4n) is 2.76. The molecule has 1 heterocycles. The van der Waals surface area contributed by atoms with Gasteiger partial charge in [-0.15, -0.1) is 0 Å². The zero-order valence-electron chi connectivity index (χ0n) is 14.7. The van der Waals surface area contributed by atoms with E-state index in [2.05, 4.69) is 24.1 Å². The predicted octanol–water partition coefficient (Wildman–Crippen LogP) is 1.25. The predicted molar refractivity (Wildman–Crippen MR) is 94.4 cm³/mol. The molecular weight excluding hydrogens is 326 g/mol. The van der Waals surface area contributed by atoms with Gasteiger partial charge in [0.05, 0.1) is 4.90 Å². The minimum absolute atomic E-state index is 0.0407. The van der Waals surface area contributed by atoms with Crippen LogP contribution in [-0.2, 0) is 14.8 Å². The number of benzene rings is 1. The molecular formula is C17H27N3O3S. The molecule has 0 spiro atoms. The first-order valence-corrected chi connectivity index (χ1v) is 9.81. The van der Waals surface area contributed by atoms with Crippen molar-refractivity contribution in [3.63, 3.8) is 0 Å². The van der Waals surface area contributed by atoms with Crippen LogP contribution in [0.25, 0.3) is 0 Å². The Balaban J connectivity index is 1.93. The number of carbonyl (C=O) groups is 1. The Kier molecular flexibility index (Phi) is 6.37. The lowest BCUT2D eigenvalue weighted by Crippen LogP contribution is -2.50. The number of hydrogen-bond acceptors (Lipinski definition) is 4. The molecule has 0 aromatic heterocycles. The summed E-state index contributed by atoms with van der Waals surface area (Å²) in [5, 5.41) is 2.76. The molecule has 6 nitrogen and oxygen atoms in total. The molecule has 1 aliphatic rings. The Hall–Kier alpha value is -1.44. The third kappa shape index (κ3) is 4.78. The van der Waals surface area contributed by atoms with Crippen molar-refractivity contribution in [3.05, 3.63) is 29.8 Å². The number of hydrogen-bond donors (Lipinski definition) is 1. The number of carbonyl (C=O) groups excluding carboxylic acids is 1. The summed E-state index contributed by atoms with van der Waals surface area (Å²) in [6.45, 7) is 9.34. The first kappa shape index (κ1) is 18.9. The monoisotopic (exact) mass is 353 g/mol. The van der Waals surface area contributed by atoms with E-state index in [4.69, 9.17) is 0 Å². The van der Waals surface area contributed by atoms with Gasteiger partial charge in [0.1, 0.15) is 0 Å². The van der Waals surface area contributed by atoms with E-state index in [-0.39, 0.29) is 5.91 Å². The van der Waals surface area contributed by atoms with E-state index in [1.54, 1.807) is 16.4 Å². The molecule has 0 unspecified atom stereocenters. The number of nitrogens with zero attached hydrogens (tertiary/aromatic N) is 2. The third-order valence-corrected chi connectivity index (χ3v) is 6.23. The van der Waals surface area contributed by atoms with Gasteiger partial charge < -0.3 is 5.32 Å². The second-order valence-corrected chi connectivity index (χ2v) is 8.39. The fourth-order valence-corrected chi connectivity index (χ4v) is 4.18. The van der Waals surface area contributed by atoms with Gasteiger partial charge in [-0.05, 0) is 23.6 Å². The maximum atomic E-state index is 12.7. The molecule has 1 fully saturated rings. The molecule has 24 heavy (non-hydrogen) atoms. The average Bonchev–Trinajstić information content (AvgIpc) is 2.55. The van der Waals surface area contributed by atoms with Crippen LogP contribution in [0, 0.1) is 0 Å². The summed E-state index contributed by atoms with van der Waals surface area (Å²) in [6, 6.07) is 7.18. The van der Waals surface area contributed by atoms with Crippen LogP contribution in [0.1, 0.15) is 32.3 Å². The second-order valence-electron chi connectivity index (χ2n) is 6.45. The molecule has 1 amide bonds. The van der Waals surface area contributed by atoms with Crippen molar-refractivity contribution in [2.45, 2.75) is 31.6 Å². The maximum Gasteiger partial charge on any atom is 0.243 e. The van der Waals surface area contributed by atoms with Crippen LogP contribution in [0.4, 0.5) is 0 Å². The Bertz CT molecular complexity index is 648.